The number of carboxylic acids is 1. The fraction of sp³-hybridized carbons (Fsp3) is 0.545. The molecule has 0 spiro atoms. The highest BCUT2D eigenvalue weighted by atomic mass is 79.9. The molecule has 1 unspecified atom stereocenters. The molecule has 1 N–H and O–H groups in total. The zero-order valence-corrected chi connectivity index (χ0v) is 13.3. The number of halogens is 1. The van der Waals surface area contributed by atoms with Crippen molar-refractivity contribution in [1.29, 1.82) is 0 Å². The van der Waals surface area contributed by atoms with E-state index in [0.717, 1.165) is 6.42 Å². The monoisotopic (exact) mass is 367 g/mol. The van der Waals surface area contributed by atoms with Crippen molar-refractivity contribution in [3.05, 3.63) is 15.9 Å². The zero-order chi connectivity index (χ0) is 14.0. The highest BCUT2D eigenvalue weighted by Crippen LogP contribution is 2.33. The molecule has 0 amide bonds. The van der Waals surface area contributed by atoms with E-state index in [9.17, 15) is 13.2 Å². The summed E-state index contributed by atoms with van der Waals surface area (Å²) in [4.78, 5) is 10.5. The van der Waals surface area contributed by atoms with Crippen LogP contribution in [0.3, 0.4) is 0 Å². The van der Waals surface area contributed by atoms with Gasteiger partial charge in [-0.05, 0) is 46.1 Å². The summed E-state index contributed by atoms with van der Waals surface area (Å²) in [5, 5.41) is 10.4. The molecule has 2 rings (SSSR count). The van der Waals surface area contributed by atoms with E-state index in [1.54, 1.807) is 11.4 Å². The van der Waals surface area contributed by atoms with Crippen LogP contribution in [-0.4, -0.2) is 36.9 Å². The van der Waals surface area contributed by atoms with Gasteiger partial charge in [-0.25, -0.2) is 8.42 Å². The summed E-state index contributed by atoms with van der Waals surface area (Å²) in [7, 11) is -3.44. The van der Waals surface area contributed by atoms with Gasteiger partial charge in [0.25, 0.3) is 10.0 Å². The molecule has 19 heavy (non-hydrogen) atoms. The number of carbonyl (C=O) groups is 1. The summed E-state index contributed by atoms with van der Waals surface area (Å²) in [6.45, 7) is 0.886. The largest absolute Gasteiger partial charge is 0.481 e. The Morgan fingerprint density at radius 1 is 1.58 bits per heavy atom. The fourth-order valence-electron chi connectivity index (χ4n) is 2.16. The number of aliphatic carboxylic acids is 1. The van der Waals surface area contributed by atoms with E-state index >= 15 is 0 Å². The van der Waals surface area contributed by atoms with Crippen molar-refractivity contribution in [3.8, 4) is 0 Å². The van der Waals surface area contributed by atoms with Crippen molar-refractivity contribution in [1.82, 2.24) is 4.31 Å². The minimum Gasteiger partial charge on any atom is -0.481 e. The average Bonchev–Trinajstić information content (AvgIpc) is 2.95. The first-order valence-electron chi connectivity index (χ1n) is 5.86. The minimum atomic E-state index is -3.44. The predicted molar refractivity (Wildman–Crippen MR) is 75.8 cm³/mol. The number of hydrogen-bond donors (Lipinski definition) is 1. The Labute approximate surface area is 124 Å². The third kappa shape index (κ3) is 3.36. The van der Waals surface area contributed by atoms with Gasteiger partial charge in [-0.1, -0.05) is 0 Å². The molecule has 1 aliphatic rings. The van der Waals surface area contributed by atoms with E-state index in [-0.39, 0.29) is 12.3 Å². The lowest BCUT2D eigenvalue weighted by Crippen LogP contribution is -2.28. The third-order valence-corrected chi connectivity index (χ3v) is 7.69. The van der Waals surface area contributed by atoms with Gasteiger partial charge in [0.1, 0.15) is 4.21 Å². The molecule has 0 bridgehead atoms. The predicted octanol–water partition coefficient (Wildman–Crippen LogP) is 2.39. The molecule has 0 aromatic carbocycles. The molecule has 5 nitrogen and oxygen atoms in total. The number of rotatable bonds is 5. The summed E-state index contributed by atoms with van der Waals surface area (Å²) < 4.78 is 27.1. The lowest BCUT2D eigenvalue weighted by atomic mass is 10.0. The van der Waals surface area contributed by atoms with E-state index in [2.05, 4.69) is 15.9 Å². The molecule has 1 atom stereocenters. The molecule has 106 valence electrons. The van der Waals surface area contributed by atoms with Gasteiger partial charge in [-0.2, -0.15) is 4.31 Å². The van der Waals surface area contributed by atoms with Crippen LogP contribution in [0.15, 0.2) is 20.1 Å². The number of carboxylic acid groups (broad SMARTS) is 1. The first-order valence-corrected chi connectivity index (χ1v) is 8.97. The van der Waals surface area contributed by atoms with Crippen molar-refractivity contribution in [2.75, 3.05) is 13.1 Å². The molecule has 8 heteroatoms. The molecule has 1 aromatic heterocycles. The van der Waals surface area contributed by atoms with E-state index in [1.165, 1.54) is 15.6 Å². The van der Waals surface area contributed by atoms with Crippen molar-refractivity contribution < 1.29 is 18.3 Å². The summed E-state index contributed by atoms with van der Waals surface area (Å²) >= 11 is 4.43. The molecular formula is C11H14BrNO4S2. The smallest absolute Gasteiger partial charge is 0.303 e. The fourth-order valence-corrected chi connectivity index (χ4v) is 6.14. The molecule has 1 aromatic rings. The van der Waals surface area contributed by atoms with Gasteiger partial charge in [0, 0.05) is 24.0 Å². The van der Waals surface area contributed by atoms with Crippen molar-refractivity contribution >= 4 is 43.3 Å². The minimum absolute atomic E-state index is 0.0985. The van der Waals surface area contributed by atoms with Gasteiger partial charge >= 0.3 is 5.97 Å². The van der Waals surface area contributed by atoms with Crippen LogP contribution in [-0.2, 0) is 14.8 Å². The lowest BCUT2D eigenvalue weighted by Gasteiger charge is -2.15. The molecule has 1 aliphatic heterocycles. The molecule has 0 radical (unpaired) electrons. The Morgan fingerprint density at radius 2 is 2.32 bits per heavy atom. The van der Waals surface area contributed by atoms with Gasteiger partial charge in [-0.3, -0.25) is 4.79 Å². The molecule has 0 aliphatic carbocycles. The first kappa shape index (κ1) is 15.0. The maximum Gasteiger partial charge on any atom is 0.303 e. The van der Waals surface area contributed by atoms with Crippen LogP contribution < -0.4 is 0 Å². The normalized spacial score (nSPS) is 20.8. The second-order valence-electron chi connectivity index (χ2n) is 4.51. The van der Waals surface area contributed by atoms with Gasteiger partial charge in [0.2, 0.25) is 0 Å². The van der Waals surface area contributed by atoms with Crippen molar-refractivity contribution in [3.63, 3.8) is 0 Å². The van der Waals surface area contributed by atoms with E-state index in [1.807, 2.05) is 0 Å². The molecular weight excluding hydrogens is 354 g/mol. The van der Waals surface area contributed by atoms with Gasteiger partial charge in [-0.15, -0.1) is 11.3 Å². The second-order valence-corrected chi connectivity index (χ2v) is 8.41. The highest BCUT2D eigenvalue weighted by molar-refractivity contribution is 9.10. The van der Waals surface area contributed by atoms with Crippen LogP contribution in [0.2, 0.25) is 0 Å². The van der Waals surface area contributed by atoms with E-state index in [4.69, 9.17) is 5.11 Å². The van der Waals surface area contributed by atoms with Gasteiger partial charge < -0.3 is 5.11 Å². The molecule has 2 heterocycles. The quantitative estimate of drug-likeness (QED) is 0.866. The van der Waals surface area contributed by atoms with E-state index in [0.29, 0.717) is 28.2 Å². The Hall–Kier alpha value is -0.440. The molecule has 0 saturated carbocycles. The van der Waals surface area contributed by atoms with Crippen LogP contribution in [0.1, 0.15) is 19.3 Å². The third-order valence-electron chi connectivity index (χ3n) is 3.17. The lowest BCUT2D eigenvalue weighted by molar-refractivity contribution is -0.137. The van der Waals surface area contributed by atoms with Crippen LogP contribution >= 0.6 is 27.3 Å². The Morgan fingerprint density at radius 3 is 2.89 bits per heavy atom. The van der Waals surface area contributed by atoms with Gasteiger partial charge in [0.05, 0.1) is 0 Å². The van der Waals surface area contributed by atoms with E-state index < -0.39 is 16.0 Å². The topological polar surface area (TPSA) is 74.7 Å². The second kappa shape index (κ2) is 5.90. The van der Waals surface area contributed by atoms with Crippen molar-refractivity contribution in [2.24, 2.45) is 5.92 Å². The summed E-state index contributed by atoms with van der Waals surface area (Å²) in [6.07, 6.45) is 1.36. The van der Waals surface area contributed by atoms with Crippen molar-refractivity contribution in [2.45, 2.75) is 23.5 Å². The molecule has 1 saturated heterocycles. The Kier molecular flexibility index (Phi) is 4.65. The van der Waals surface area contributed by atoms with Crippen LogP contribution in [0.5, 0.6) is 0 Å². The number of thiophene rings is 1. The summed E-state index contributed by atoms with van der Waals surface area (Å²) in [5.74, 6) is -0.688. The summed E-state index contributed by atoms with van der Waals surface area (Å²) in [6, 6.07) is 1.72. The van der Waals surface area contributed by atoms with Crippen LogP contribution in [0.25, 0.3) is 0 Å². The number of sulfonamides is 1. The zero-order valence-electron chi connectivity index (χ0n) is 10.1. The number of hydrogen-bond acceptors (Lipinski definition) is 4. The SMILES string of the molecule is O=C(O)CCC1CCN(S(=O)(=O)c2sccc2Br)C1. The average molecular weight is 368 g/mol. The standard InChI is InChI=1S/C11H14BrNO4S2/c12-9-4-6-18-11(9)19(16,17)13-5-3-8(7-13)1-2-10(14)15/h4,6,8H,1-3,5,7H2,(H,14,15). The first-order chi connectivity index (χ1) is 8.91. The summed E-state index contributed by atoms with van der Waals surface area (Å²) in [5.41, 5.74) is 0. The maximum atomic E-state index is 12.4. The maximum absolute atomic E-state index is 12.4. The van der Waals surface area contributed by atoms with Gasteiger partial charge in [0.15, 0.2) is 0 Å². The van der Waals surface area contributed by atoms with Crippen LogP contribution in [0, 0.1) is 5.92 Å². The van der Waals surface area contributed by atoms with Crippen LogP contribution in [0.4, 0.5) is 0 Å². The Balaban J connectivity index is 2.04. The number of nitrogens with zero attached hydrogens (tertiary/aromatic N) is 1. The highest BCUT2D eigenvalue weighted by Gasteiger charge is 2.34. The molecule has 1 fully saturated rings. The Bertz CT molecular complexity index is 569.